The van der Waals surface area contributed by atoms with Crippen molar-refractivity contribution in [1.82, 2.24) is 10.3 Å². The second-order valence-corrected chi connectivity index (χ2v) is 8.74. The van der Waals surface area contributed by atoms with Crippen LogP contribution in [0.4, 0.5) is 5.69 Å². The largest absolute Gasteiger partial charge is 0.462 e. The molecule has 0 bridgehead atoms. The first-order valence-corrected chi connectivity index (χ1v) is 11.0. The number of carbonyl (C=O) groups excluding carboxylic acids is 2. The quantitative estimate of drug-likeness (QED) is 0.578. The number of aromatic nitrogens is 1. The molecule has 0 fully saturated rings. The summed E-state index contributed by atoms with van der Waals surface area (Å²) in [6.45, 7) is 3.70. The van der Waals surface area contributed by atoms with E-state index >= 15 is 0 Å². The number of rotatable bonds is 6. The minimum atomic E-state index is -3.91. The Balaban J connectivity index is 1.91. The topological polar surface area (TPSA) is 114 Å². The summed E-state index contributed by atoms with van der Waals surface area (Å²) in [5.41, 5.74) is 1.36. The molecule has 10 heteroatoms. The SMILES string of the molecule is CCOC(=O)c1sc2ncc(S(=O)(=O)Nc3ccc(C(=O)NC)cc3)cc2c1C. The Morgan fingerprint density at radius 3 is 2.52 bits per heavy atom. The average molecular weight is 434 g/mol. The number of esters is 1. The molecule has 29 heavy (non-hydrogen) atoms. The Kier molecular flexibility index (Phi) is 5.85. The molecule has 0 radical (unpaired) electrons. The normalized spacial score (nSPS) is 11.3. The summed E-state index contributed by atoms with van der Waals surface area (Å²) in [7, 11) is -2.39. The van der Waals surface area contributed by atoms with Crippen LogP contribution in [0.5, 0.6) is 0 Å². The van der Waals surface area contributed by atoms with Crippen LogP contribution in [-0.2, 0) is 14.8 Å². The van der Waals surface area contributed by atoms with Gasteiger partial charge in [0, 0.05) is 29.9 Å². The van der Waals surface area contributed by atoms with Crippen LogP contribution in [-0.4, -0.2) is 38.9 Å². The number of anilines is 1. The molecule has 0 atom stereocenters. The van der Waals surface area contributed by atoms with E-state index in [9.17, 15) is 18.0 Å². The highest BCUT2D eigenvalue weighted by Crippen LogP contribution is 2.31. The zero-order valence-electron chi connectivity index (χ0n) is 16.0. The van der Waals surface area contributed by atoms with Gasteiger partial charge < -0.3 is 10.1 Å². The van der Waals surface area contributed by atoms with E-state index in [2.05, 4.69) is 15.0 Å². The highest BCUT2D eigenvalue weighted by atomic mass is 32.2. The van der Waals surface area contributed by atoms with E-state index in [0.717, 1.165) is 11.3 Å². The van der Waals surface area contributed by atoms with Crippen LogP contribution in [0.25, 0.3) is 10.2 Å². The van der Waals surface area contributed by atoms with E-state index in [1.54, 1.807) is 13.8 Å². The van der Waals surface area contributed by atoms with Gasteiger partial charge in [-0.1, -0.05) is 0 Å². The van der Waals surface area contributed by atoms with Crippen LogP contribution in [0.1, 0.15) is 32.5 Å². The van der Waals surface area contributed by atoms with Gasteiger partial charge in [-0.3, -0.25) is 9.52 Å². The summed E-state index contributed by atoms with van der Waals surface area (Å²) in [5, 5.41) is 3.08. The van der Waals surface area contributed by atoms with Gasteiger partial charge in [0.05, 0.1) is 6.61 Å². The van der Waals surface area contributed by atoms with E-state index in [4.69, 9.17) is 4.74 Å². The van der Waals surface area contributed by atoms with Gasteiger partial charge in [-0.05, 0) is 49.7 Å². The molecule has 0 spiro atoms. The molecule has 0 saturated heterocycles. The van der Waals surface area contributed by atoms with E-state index < -0.39 is 16.0 Å². The predicted octanol–water partition coefficient (Wildman–Crippen LogP) is 2.94. The number of aryl methyl sites for hydroxylation is 1. The summed E-state index contributed by atoms with van der Waals surface area (Å²) in [6, 6.07) is 7.53. The van der Waals surface area contributed by atoms with E-state index in [1.165, 1.54) is 43.6 Å². The number of amides is 1. The molecule has 2 N–H and O–H groups in total. The maximum absolute atomic E-state index is 12.8. The molecule has 3 rings (SSSR count). The number of hydrogen-bond acceptors (Lipinski definition) is 7. The fraction of sp³-hybridized carbons (Fsp3) is 0.211. The maximum Gasteiger partial charge on any atom is 0.348 e. The number of thiophene rings is 1. The lowest BCUT2D eigenvalue weighted by molar-refractivity contribution is 0.0531. The molecular formula is C19H19N3O5S2. The van der Waals surface area contributed by atoms with Crippen molar-refractivity contribution in [2.24, 2.45) is 0 Å². The molecule has 2 aromatic heterocycles. The number of pyridine rings is 1. The monoisotopic (exact) mass is 433 g/mol. The van der Waals surface area contributed by atoms with E-state index in [-0.39, 0.29) is 17.4 Å². The van der Waals surface area contributed by atoms with Crippen LogP contribution in [0.2, 0.25) is 0 Å². The molecule has 3 aromatic rings. The lowest BCUT2D eigenvalue weighted by Gasteiger charge is -2.09. The van der Waals surface area contributed by atoms with Crippen LogP contribution < -0.4 is 10.0 Å². The summed E-state index contributed by atoms with van der Waals surface area (Å²) >= 11 is 1.16. The van der Waals surface area contributed by atoms with Crippen molar-refractivity contribution < 1.29 is 22.7 Å². The van der Waals surface area contributed by atoms with Crippen molar-refractivity contribution >= 4 is 49.1 Å². The Labute approximate surface area is 172 Å². The fourth-order valence-corrected chi connectivity index (χ4v) is 4.72. The molecule has 0 saturated carbocycles. The maximum atomic E-state index is 12.8. The predicted molar refractivity (Wildman–Crippen MR) is 111 cm³/mol. The van der Waals surface area contributed by atoms with Gasteiger partial charge in [-0.15, -0.1) is 11.3 Å². The highest BCUT2D eigenvalue weighted by Gasteiger charge is 2.21. The van der Waals surface area contributed by atoms with Crippen molar-refractivity contribution in [2.45, 2.75) is 18.7 Å². The third-order valence-electron chi connectivity index (χ3n) is 4.17. The van der Waals surface area contributed by atoms with Gasteiger partial charge in [-0.25, -0.2) is 18.2 Å². The second kappa shape index (κ2) is 8.18. The zero-order valence-corrected chi connectivity index (χ0v) is 17.6. The van der Waals surface area contributed by atoms with Gasteiger partial charge in [0.2, 0.25) is 0 Å². The number of nitrogens with zero attached hydrogens (tertiary/aromatic N) is 1. The Hall–Kier alpha value is -2.98. The summed E-state index contributed by atoms with van der Waals surface area (Å²) in [4.78, 5) is 28.8. The Morgan fingerprint density at radius 2 is 1.90 bits per heavy atom. The molecular weight excluding hydrogens is 414 g/mol. The van der Waals surface area contributed by atoms with Gasteiger partial charge in [-0.2, -0.15) is 0 Å². The lowest BCUT2D eigenvalue weighted by atomic mass is 10.2. The van der Waals surface area contributed by atoms with E-state index in [1.807, 2.05) is 0 Å². The number of ether oxygens (including phenoxy) is 1. The average Bonchev–Trinajstić information content (AvgIpc) is 3.04. The Morgan fingerprint density at radius 1 is 1.21 bits per heavy atom. The fourth-order valence-electron chi connectivity index (χ4n) is 2.66. The number of hydrogen-bond donors (Lipinski definition) is 2. The minimum Gasteiger partial charge on any atom is -0.462 e. The first kappa shape index (κ1) is 20.7. The molecule has 0 aliphatic heterocycles. The van der Waals surface area contributed by atoms with Crippen molar-refractivity contribution in [3.8, 4) is 0 Å². The van der Waals surface area contributed by atoms with Crippen LogP contribution in [0.3, 0.4) is 0 Å². The number of benzene rings is 1. The summed E-state index contributed by atoms with van der Waals surface area (Å²) < 4.78 is 33.0. The zero-order chi connectivity index (χ0) is 21.2. The van der Waals surface area contributed by atoms with Crippen molar-refractivity contribution in [2.75, 3.05) is 18.4 Å². The second-order valence-electron chi connectivity index (χ2n) is 6.06. The molecule has 1 amide bonds. The molecule has 0 aliphatic carbocycles. The van der Waals surface area contributed by atoms with Gasteiger partial charge in [0.25, 0.3) is 15.9 Å². The lowest BCUT2D eigenvalue weighted by Crippen LogP contribution is -2.18. The standard InChI is InChI=1S/C19H19N3O5S2/c1-4-27-19(24)16-11(2)15-9-14(10-21-18(15)28-16)29(25,26)22-13-7-5-12(6-8-13)17(23)20-3/h5-10,22H,4H2,1-3H3,(H,20,23). The number of fused-ring (bicyclic) bond motifs is 1. The number of sulfonamides is 1. The molecule has 8 nitrogen and oxygen atoms in total. The first-order valence-electron chi connectivity index (χ1n) is 8.68. The van der Waals surface area contributed by atoms with E-state index in [0.29, 0.717) is 31.9 Å². The van der Waals surface area contributed by atoms with Crippen molar-refractivity contribution in [1.29, 1.82) is 0 Å². The van der Waals surface area contributed by atoms with Crippen LogP contribution >= 0.6 is 11.3 Å². The van der Waals surface area contributed by atoms with Gasteiger partial charge in [0.1, 0.15) is 14.6 Å². The van der Waals surface area contributed by atoms with Crippen molar-refractivity contribution in [3.05, 3.63) is 52.5 Å². The summed E-state index contributed by atoms with van der Waals surface area (Å²) in [6.07, 6.45) is 1.24. The number of carbonyl (C=O) groups is 2. The van der Waals surface area contributed by atoms with Gasteiger partial charge in [0.15, 0.2) is 0 Å². The Bertz CT molecular complexity index is 1180. The van der Waals surface area contributed by atoms with Gasteiger partial charge >= 0.3 is 5.97 Å². The van der Waals surface area contributed by atoms with Crippen LogP contribution in [0.15, 0.2) is 41.4 Å². The molecule has 152 valence electrons. The third kappa shape index (κ3) is 4.22. The molecule has 0 unspecified atom stereocenters. The minimum absolute atomic E-state index is 0.0308. The molecule has 0 aliphatic rings. The number of nitrogens with one attached hydrogen (secondary N) is 2. The molecule has 2 heterocycles. The molecule has 1 aromatic carbocycles. The van der Waals surface area contributed by atoms with Crippen LogP contribution in [0, 0.1) is 6.92 Å². The summed E-state index contributed by atoms with van der Waals surface area (Å²) in [5.74, 6) is -0.717. The first-order chi connectivity index (χ1) is 13.8. The van der Waals surface area contributed by atoms with Crippen molar-refractivity contribution in [3.63, 3.8) is 0 Å². The smallest absolute Gasteiger partial charge is 0.348 e. The third-order valence-corrected chi connectivity index (χ3v) is 6.71. The highest BCUT2D eigenvalue weighted by molar-refractivity contribution is 7.92.